The standard InChI is InChI=1S/C16H15ClN2O4/c1-11(14-4-2-3-5-15(14)17)18-16(20)10-23-13-8-6-12(7-9-13)19(21)22/h2-9,11H,10H2,1H3,(H,18,20)/t11-/m0/s1. The highest BCUT2D eigenvalue weighted by Gasteiger charge is 2.13. The fourth-order valence-electron chi connectivity index (χ4n) is 2.00. The molecule has 2 rings (SSSR count). The molecule has 0 aliphatic rings. The summed E-state index contributed by atoms with van der Waals surface area (Å²) in [5, 5.41) is 13.9. The van der Waals surface area contributed by atoms with Gasteiger partial charge in [0.25, 0.3) is 11.6 Å². The maximum atomic E-state index is 11.9. The number of carbonyl (C=O) groups is 1. The summed E-state index contributed by atoms with van der Waals surface area (Å²) in [6, 6.07) is 12.5. The molecule has 2 aromatic carbocycles. The minimum Gasteiger partial charge on any atom is -0.484 e. The lowest BCUT2D eigenvalue weighted by atomic mass is 10.1. The summed E-state index contributed by atoms with van der Waals surface area (Å²) in [6.45, 7) is 1.64. The Morgan fingerprint density at radius 2 is 1.91 bits per heavy atom. The van der Waals surface area contributed by atoms with E-state index in [9.17, 15) is 14.9 Å². The summed E-state index contributed by atoms with van der Waals surface area (Å²) in [5.74, 6) is 0.0759. The van der Waals surface area contributed by atoms with E-state index in [2.05, 4.69) is 5.32 Å². The number of halogens is 1. The van der Waals surface area contributed by atoms with Crippen molar-refractivity contribution in [3.63, 3.8) is 0 Å². The number of amides is 1. The second-order valence-electron chi connectivity index (χ2n) is 4.85. The summed E-state index contributed by atoms with van der Waals surface area (Å²) >= 11 is 6.08. The van der Waals surface area contributed by atoms with Gasteiger partial charge in [-0.25, -0.2) is 0 Å². The van der Waals surface area contributed by atoms with Crippen LogP contribution in [0.1, 0.15) is 18.5 Å². The van der Waals surface area contributed by atoms with Crippen molar-refractivity contribution in [3.8, 4) is 5.75 Å². The third kappa shape index (κ3) is 4.69. The van der Waals surface area contributed by atoms with Gasteiger partial charge in [-0.2, -0.15) is 0 Å². The van der Waals surface area contributed by atoms with Crippen molar-refractivity contribution in [2.45, 2.75) is 13.0 Å². The van der Waals surface area contributed by atoms with E-state index in [-0.39, 0.29) is 24.2 Å². The molecule has 7 heteroatoms. The molecular formula is C16H15ClN2O4. The van der Waals surface area contributed by atoms with Gasteiger partial charge in [-0.05, 0) is 30.7 Å². The van der Waals surface area contributed by atoms with Crippen molar-refractivity contribution >= 4 is 23.2 Å². The number of rotatable bonds is 6. The SMILES string of the molecule is C[C@H](NC(=O)COc1ccc([N+](=O)[O-])cc1)c1ccccc1Cl. The predicted octanol–water partition coefficient (Wildman–Crippen LogP) is 3.50. The predicted molar refractivity (Wildman–Crippen MR) is 86.6 cm³/mol. The number of non-ortho nitro benzene ring substituents is 1. The molecule has 0 bridgehead atoms. The normalized spacial score (nSPS) is 11.6. The van der Waals surface area contributed by atoms with E-state index >= 15 is 0 Å². The lowest BCUT2D eigenvalue weighted by Gasteiger charge is -2.16. The molecule has 120 valence electrons. The Hall–Kier alpha value is -2.60. The number of ether oxygens (including phenoxy) is 1. The van der Waals surface area contributed by atoms with Crippen LogP contribution in [0.25, 0.3) is 0 Å². The van der Waals surface area contributed by atoms with Crippen molar-refractivity contribution < 1.29 is 14.5 Å². The summed E-state index contributed by atoms with van der Waals surface area (Å²) in [5.41, 5.74) is 0.784. The van der Waals surface area contributed by atoms with E-state index in [1.807, 2.05) is 25.1 Å². The van der Waals surface area contributed by atoms with E-state index in [1.54, 1.807) is 6.07 Å². The molecule has 0 radical (unpaired) electrons. The van der Waals surface area contributed by atoms with Gasteiger partial charge in [0, 0.05) is 17.2 Å². The van der Waals surface area contributed by atoms with Crippen LogP contribution in [0, 0.1) is 10.1 Å². The third-order valence-corrected chi connectivity index (χ3v) is 3.51. The topological polar surface area (TPSA) is 81.5 Å². The second-order valence-corrected chi connectivity index (χ2v) is 5.26. The molecule has 0 unspecified atom stereocenters. The number of nitro benzene ring substituents is 1. The second kappa shape index (κ2) is 7.60. The molecule has 0 saturated carbocycles. The van der Waals surface area contributed by atoms with Gasteiger partial charge in [0.2, 0.25) is 0 Å². The van der Waals surface area contributed by atoms with Crippen LogP contribution >= 0.6 is 11.6 Å². The Kier molecular flexibility index (Phi) is 5.54. The molecule has 1 amide bonds. The maximum absolute atomic E-state index is 11.9. The van der Waals surface area contributed by atoms with Gasteiger partial charge in [-0.1, -0.05) is 29.8 Å². The van der Waals surface area contributed by atoms with Crippen molar-refractivity contribution in [1.29, 1.82) is 0 Å². The molecule has 0 spiro atoms. The number of carbonyl (C=O) groups excluding carboxylic acids is 1. The largest absolute Gasteiger partial charge is 0.484 e. The number of nitrogens with one attached hydrogen (secondary N) is 1. The minimum atomic E-state index is -0.498. The summed E-state index contributed by atoms with van der Waals surface area (Å²) in [6.07, 6.45) is 0. The zero-order valence-corrected chi connectivity index (χ0v) is 13.1. The summed E-state index contributed by atoms with van der Waals surface area (Å²) in [7, 11) is 0. The molecule has 0 fully saturated rings. The molecule has 1 N–H and O–H groups in total. The first-order chi connectivity index (χ1) is 11.0. The van der Waals surface area contributed by atoms with E-state index in [0.29, 0.717) is 10.8 Å². The maximum Gasteiger partial charge on any atom is 0.269 e. The van der Waals surface area contributed by atoms with Gasteiger partial charge in [-0.15, -0.1) is 0 Å². The average molecular weight is 335 g/mol. The zero-order valence-electron chi connectivity index (χ0n) is 12.4. The van der Waals surface area contributed by atoms with Crippen molar-refractivity contribution in [2.75, 3.05) is 6.61 Å². The van der Waals surface area contributed by atoms with E-state index in [0.717, 1.165) is 5.56 Å². The van der Waals surface area contributed by atoms with Gasteiger partial charge >= 0.3 is 0 Å². The fraction of sp³-hybridized carbons (Fsp3) is 0.188. The Balaban J connectivity index is 1.87. The molecular weight excluding hydrogens is 320 g/mol. The number of hydrogen-bond donors (Lipinski definition) is 1. The first-order valence-corrected chi connectivity index (χ1v) is 7.26. The Morgan fingerprint density at radius 1 is 1.26 bits per heavy atom. The van der Waals surface area contributed by atoms with Crippen LogP contribution in [0.15, 0.2) is 48.5 Å². The molecule has 0 aromatic heterocycles. The Labute approximate surface area is 138 Å². The molecule has 0 saturated heterocycles. The van der Waals surface area contributed by atoms with Gasteiger partial charge in [0.15, 0.2) is 6.61 Å². The van der Waals surface area contributed by atoms with Crippen LogP contribution in [0.3, 0.4) is 0 Å². The number of nitro groups is 1. The van der Waals surface area contributed by atoms with Crippen LogP contribution in [0.2, 0.25) is 5.02 Å². The van der Waals surface area contributed by atoms with Crippen molar-refractivity contribution in [2.24, 2.45) is 0 Å². The molecule has 0 aliphatic heterocycles. The number of hydrogen-bond acceptors (Lipinski definition) is 4. The van der Waals surface area contributed by atoms with Crippen LogP contribution < -0.4 is 10.1 Å². The van der Waals surface area contributed by atoms with Crippen molar-refractivity contribution in [1.82, 2.24) is 5.32 Å². The Bertz CT molecular complexity index is 703. The fourth-order valence-corrected chi connectivity index (χ4v) is 2.30. The van der Waals surface area contributed by atoms with Gasteiger partial charge in [0.05, 0.1) is 11.0 Å². The van der Waals surface area contributed by atoms with Gasteiger partial charge in [-0.3, -0.25) is 14.9 Å². The lowest BCUT2D eigenvalue weighted by Crippen LogP contribution is -2.31. The first kappa shape index (κ1) is 16.8. The Morgan fingerprint density at radius 3 is 2.52 bits per heavy atom. The van der Waals surface area contributed by atoms with Crippen LogP contribution in [-0.4, -0.2) is 17.4 Å². The molecule has 1 atom stereocenters. The third-order valence-electron chi connectivity index (χ3n) is 3.17. The highest BCUT2D eigenvalue weighted by molar-refractivity contribution is 6.31. The van der Waals surface area contributed by atoms with E-state index in [1.165, 1.54) is 24.3 Å². The van der Waals surface area contributed by atoms with E-state index < -0.39 is 4.92 Å². The van der Waals surface area contributed by atoms with Crippen molar-refractivity contribution in [3.05, 3.63) is 69.2 Å². The smallest absolute Gasteiger partial charge is 0.269 e. The number of benzene rings is 2. The summed E-state index contributed by atoms with van der Waals surface area (Å²) < 4.78 is 5.30. The van der Waals surface area contributed by atoms with E-state index in [4.69, 9.17) is 16.3 Å². The molecule has 0 heterocycles. The molecule has 0 aliphatic carbocycles. The molecule has 6 nitrogen and oxygen atoms in total. The van der Waals surface area contributed by atoms with Gasteiger partial charge < -0.3 is 10.1 Å². The lowest BCUT2D eigenvalue weighted by molar-refractivity contribution is -0.384. The van der Waals surface area contributed by atoms with Crippen LogP contribution in [0.5, 0.6) is 5.75 Å². The monoisotopic (exact) mass is 334 g/mol. The highest BCUT2D eigenvalue weighted by Crippen LogP contribution is 2.22. The zero-order chi connectivity index (χ0) is 16.8. The molecule has 23 heavy (non-hydrogen) atoms. The highest BCUT2D eigenvalue weighted by atomic mass is 35.5. The van der Waals surface area contributed by atoms with Gasteiger partial charge in [0.1, 0.15) is 5.75 Å². The quantitative estimate of drug-likeness (QED) is 0.647. The van der Waals surface area contributed by atoms with Crippen LogP contribution in [0.4, 0.5) is 5.69 Å². The summed E-state index contributed by atoms with van der Waals surface area (Å²) in [4.78, 5) is 22.0. The van der Waals surface area contributed by atoms with Crippen LogP contribution in [-0.2, 0) is 4.79 Å². The first-order valence-electron chi connectivity index (χ1n) is 6.88. The number of nitrogens with zero attached hydrogens (tertiary/aromatic N) is 1. The minimum absolute atomic E-state index is 0.0332. The molecule has 2 aromatic rings. The average Bonchev–Trinajstić information content (AvgIpc) is 2.53.